The van der Waals surface area contributed by atoms with Gasteiger partial charge >= 0.3 is 0 Å². The highest BCUT2D eigenvalue weighted by Crippen LogP contribution is 2.45. The molecule has 0 bridgehead atoms. The van der Waals surface area contributed by atoms with E-state index >= 15 is 0 Å². The van der Waals surface area contributed by atoms with E-state index in [0.717, 1.165) is 41.8 Å². The summed E-state index contributed by atoms with van der Waals surface area (Å²) in [6.45, 7) is 1.79. The number of ketones is 1. The van der Waals surface area contributed by atoms with Gasteiger partial charge in [0.1, 0.15) is 0 Å². The maximum absolute atomic E-state index is 12.9. The van der Waals surface area contributed by atoms with Crippen LogP contribution in [0.1, 0.15) is 28.3 Å². The first-order chi connectivity index (χ1) is 10.7. The summed E-state index contributed by atoms with van der Waals surface area (Å²) in [5.41, 5.74) is 3.82. The van der Waals surface area contributed by atoms with Crippen LogP contribution in [0.15, 0.2) is 36.4 Å². The molecule has 1 heterocycles. The Morgan fingerprint density at radius 1 is 1.05 bits per heavy atom. The van der Waals surface area contributed by atoms with Crippen molar-refractivity contribution in [2.45, 2.75) is 12.3 Å². The van der Waals surface area contributed by atoms with Crippen LogP contribution in [-0.4, -0.2) is 18.9 Å². The topological polar surface area (TPSA) is 29.1 Å². The van der Waals surface area contributed by atoms with Gasteiger partial charge in [0, 0.05) is 39.6 Å². The molecule has 1 fully saturated rings. The first-order valence-corrected chi connectivity index (χ1v) is 8.25. The zero-order valence-corrected chi connectivity index (χ0v) is 13.4. The second kappa shape index (κ2) is 5.38. The molecule has 2 atom stereocenters. The lowest BCUT2D eigenvalue weighted by molar-refractivity contribution is 0.0904. The number of Topliss-reactive ketones (excluding diaryl/α,β-unsaturated/α-hetero) is 1. The van der Waals surface area contributed by atoms with Crippen LogP contribution in [0.2, 0.25) is 10.0 Å². The van der Waals surface area contributed by atoms with Crippen molar-refractivity contribution in [1.29, 1.82) is 0 Å². The molecule has 1 aliphatic carbocycles. The van der Waals surface area contributed by atoms with Crippen molar-refractivity contribution < 1.29 is 4.79 Å². The zero-order valence-electron chi connectivity index (χ0n) is 11.9. The molecule has 2 nitrogen and oxygen atoms in total. The smallest absolute Gasteiger partial charge is 0.167 e. The van der Waals surface area contributed by atoms with E-state index < -0.39 is 0 Å². The van der Waals surface area contributed by atoms with Gasteiger partial charge in [-0.05, 0) is 36.2 Å². The molecular formula is C18H15Cl2NO. The largest absolute Gasteiger partial charge is 0.316 e. The minimum atomic E-state index is 0.114. The predicted octanol–water partition coefficient (Wildman–Crippen LogP) is 4.55. The van der Waals surface area contributed by atoms with Crippen molar-refractivity contribution in [3.63, 3.8) is 0 Å². The van der Waals surface area contributed by atoms with E-state index in [-0.39, 0.29) is 11.7 Å². The molecule has 1 N–H and O–H groups in total. The molecule has 0 spiro atoms. The summed E-state index contributed by atoms with van der Waals surface area (Å²) in [5.74, 6) is 0.675. The Bertz CT molecular complexity index is 772. The van der Waals surface area contributed by atoms with E-state index in [4.69, 9.17) is 23.2 Å². The molecule has 0 radical (unpaired) electrons. The maximum atomic E-state index is 12.9. The van der Waals surface area contributed by atoms with Crippen LogP contribution in [0.25, 0.3) is 11.1 Å². The van der Waals surface area contributed by atoms with Gasteiger partial charge in [-0.1, -0.05) is 47.5 Å². The van der Waals surface area contributed by atoms with Gasteiger partial charge in [-0.2, -0.15) is 0 Å². The van der Waals surface area contributed by atoms with E-state index in [0.29, 0.717) is 16.0 Å². The Balaban J connectivity index is 1.90. The van der Waals surface area contributed by atoms with Crippen LogP contribution in [-0.2, 0) is 0 Å². The molecule has 0 saturated carbocycles. The van der Waals surface area contributed by atoms with Gasteiger partial charge in [0.2, 0.25) is 0 Å². The standard InChI is InChI=1S/C18H15Cl2NO/c19-10-4-5-11(16(20)8-10)12-2-1-3-13-15-9-21-7-6-14(15)18(22)17(12)13/h1-5,8,14-15,21H,6-7,9H2. The summed E-state index contributed by atoms with van der Waals surface area (Å²) in [4.78, 5) is 12.9. The normalized spacial score (nSPS) is 23.3. The highest BCUT2D eigenvalue weighted by Gasteiger charge is 2.42. The predicted molar refractivity (Wildman–Crippen MR) is 89.9 cm³/mol. The molecular weight excluding hydrogens is 317 g/mol. The zero-order chi connectivity index (χ0) is 15.3. The highest BCUT2D eigenvalue weighted by molar-refractivity contribution is 6.36. The molecule has 0 amide bonds. The van der Waals surface area contributed by atoms with Gasteiger partial charge in [0.05, 0.1) is 0 Å². The van der Waals surface area contributed by atoms with Crippen LogP contribution >= 0.6 is 23.2 Å². The number of rotatable bonds is 1. The van der Waals surface area contributed by atoms with Gasteiger partial charge in [-0.3, -0.25) is 4.79 Å². The van der Waals surface area contributed by atoms with Gasteiger partial charge in [-0.15, -0.1) is 0 Å². The third kappa shape index (κ3) is 2.10. The Hall–Kier alpha value is -1.35. The minimum absolute atomic E-state index is 0.114. The monoisotopic (exact) mass is 331 g/mol. The van der Waals surface area contributed by atoms with Gasteiger partial charge in [0.15, 0.2) is 5.78 Å². The van der Waals surface area contributed by atoms with Crippen LogP contribution in [0.5, 0.6) is 0 Å². The van der Waals surface area contributed by atoms with Crippen molar-refractivity contribution in [1.82, 2.24) is 5.32 Å². The number of benzene rings is 2. The van der Waals surface area contributed by atoms with E-state index in [1.807, 2.05) is 24.3 Å². The van der Waals surface area contributed by atoms with Crippen molar-refractivity contribution in [3.8, 4) is 11.1 Å². The van der Waals surface area contributed by atoms with E-state index in [2.05, 4.69) is 11.4 Å². The fourth-order valence-corrected chi connectivity index (χ4v) is 4.28. The summed E-state index contributed by atoms with van der Waals surface area (Å²) >= 11 is 12.3. The molecule has 4 rings (SSSR count). The first kappa shape index (κ1) is 14.3. The first-order valence-electron chi connectivity index (χ1n) is 7.50. The number of hydrogen-bond donors (Lipinski definition) is 1. The van der Waals surface area contributed by atoms with Crippen LogP contribution < -0.4 is 5.32 Å². The third-order valence-corrected chi connectivity index (χ3v) is 5.33. The van der Waals surface area contributed by atoms with Crippen LogP contribution in [0.4, 0.5) is 0 Å². The second-order valence-electron chi connectivity index (χ2n) is 5.96. The molecule has 2 aliphatic rings. The van der Waals surface area contributed by atoms with Gasteiger partial charge in [-0.25, -0.2) is 0 Å². The number of carbonyl (C=O) groups is 1. The highest BCUT2D eigenvalue weighted by atomic mass is 35.5. The number of halogens is 2. The summed E-state index contributed by atoms with van der Waals surface area (Å²) in [5, 5.41) is 4.59. The van der Waals surface area contributed by atoms with E-state index in [9.17, 15) is 4.79 Å². The van der Waals surface area contributed by atoms with Crippen molar-refractivity contribution in [2.75, 3.05) is 13.1 Å². The fraction of sp³-hybridized carbons (Fsp3) is 0.278. The fourth-order valence-electron chi connectivity index (χ4n) is 3.77. The third-order valence-electron chi connectivity index (χ3n) is 4.78. The summed E-state index contributed by atoms with van der Waals surface area (Å²) in [6.07, 6.45) is 0.909. The number of nitrogens with one attached hydrogen (secondary N) is 1. The molecule has 1 saturated heterocycles. The summed E-state index contributed by atoms with van der Waals surface area (Å²) in [6, 6.07) is 11.5. The Labute approximate surface area is 139 Å². The van der Waals surface area contributed by atoms with E-state index in [1.165, 1.54) is 0 Å². The number of hydrogen-bond acceptors (Lipinski definition) is 2. The summed E-state index contributed by atoms with van der Waals surface area (Å²) in [7, 11) is 0. The lowest BCUT2D eigenvalue weighted by Crippen LogP contribution is -2.34. The maximum Gasteiger partial charge on any atom is 0.167 e. The molecule has 22 heavy (non-hydrogen) atoms. The van der Waals surface area contributed by atoms with Gasteiger partial charge in [0.25, 0.3) is 0 Å². The molecule has 0 aromatic heterocycles. The minimum Gasteiger partial charge on any atom is -0.316 e. The average Bonchev–Trinajstić information content (AvgIpc) is 2.82. The molecule has 2 unspecified atom stereocenters. The Kier molecular flexibility index (Phi) is 3.48. The van der Waals surface area contributed by atoms with Crippen LogP contribution in [0.3, 0.4) is 0 Å². The lowest BCUT2D eigenvalue weighted by Gasteiger charge is -2.25. The van der Waals surface area contributed by atoms with Gasteiger partial charge < -0.3 is 5.32 Å². The van der Waals surface area contributed by atoms with E-state index in [1.54, 1.807) is 6.07 Å². The molecule has 2 aromatic rings. The molecule has 1 aliphatic heterocycles. The van der Waals surface area contributed by atoms with Crippen molar-refractivity contribution >= 4 is 29.0 Å². The van der Waals surface area contributed by atoms with Crippen molar-refractivity contribution in [3.05, 3.63) is 57.6 Å². The average molecular weight is 332 g/mol. The number of fused-ring (bicyclic) bond motifs is 3. The SMILES string of the molecule is O=C1c2c(-c3ccc(Cl)cc3Cl)cccc2C2CNCCC12. The van der Waals surface area contributed by atoms with Crippen LogP contribution in [0, 0.1) is 5.92 Å². The molecule has 112 valence electrons. The second-order valence-corrected chi connectivity index (χ2v) is 6.81. The lowest BCUT2D eigenvalue weighted by atomic mass is 9.87. The summed E-state index contributed by atoms with van der Waals surface area (Å²) < 4.78 is 0. The molecule has 4 heteroatoms. The Morgan fingerprint density at radius 3 is 2.73 bits per heavy atom. The Morgan fingerprint density at radius 2 is 1.91 bits per heavy atom. The quantitative estimate of drug-likeness (QED) is 0.830. The number of carbonyl (C=O) groups excluding carboxylic acids is 1. The van der Waals surface area contributed by atoms with Crippen molar-refractivity contribution in [2.24, 2.45) is 5.92 Å². The number of piperidine rings is 1. The molecule has 2 aromatic carbocycles.